The molecule has 0 radical (unpaired) electrons. The van der Waals surface area contributed by atoms with E-state index in [4.69, 9.17) is 9.15 Å². The van der Waals surface area contributed by atoms with Crippen LogP contribution in [0.4, 0.5) is 0 Å². The lowest BCUT2D eigenvalue weighted by Crippen LogP contribution is -2.50. The van der Waals surface area contributed by atoms with Crippen LogP contribution in [0.3, 0.4) is 0 Å². The maximum Gasteiger partial charge on any atom is 0.289 e. The monoisotopic (exact) mass is 392 g/mol. The molecule has 0 N–H and O–H groups in total. The standard InChI is InChI=1S/C23H24N2O4/c1-28-19-7-4-5-17(15-19)9-10-22(26)24-11-13-25(14-12-24)23(27)21-16-18-6-2-3-8-20(18)29-21/h2-8,15-16H,9-14H2,1H3. The Bertz CT molecular complexity index is 985. The Morgan fingerprint density at radius 3 is 2.48 bits per heavy atom. The number of hydrogen-bond donors (Lipinski definition) is 0. The first-order chi connectivity index (χ1) is 14.1. The number of amides is 2. The van der Waals surface area contributed by atoms with Gasteiger partial charge in [-0.15, -0.1) is 0 Å². The molecule has 2 amide bonds. The molecule has 1 aliphatic rings. The minimum atomic E-state index is -0.121. The number of nitrogens with zero attached hydrogens (tertiary/aromatic N) is 2. The van der Waals surface area contributed by atoms with Gasteiger partial charge in [0.2, 0.25) is 5.91 Å². The van der Waals surface area contributed by atoms with Gasteiger partial charge in [0.05, 0.1) is 7.11 Å². The van der Waals surface area contributed by atoms with Gasteiger partial charge in [0.25, 0.3) is 5.91 Å². The molecule has 1 saturated heterocycles. The van der Waals surface area contributed by atoms with E-state index in [-0.39, 0.29) is 11.8 Å². The molecule has 29 heavy (non-hydrogen) atoms. The maximum absolute atomic E-state index is 12.7. The fourth-order valence-corrected chi connectivity index (χ4v) is 3.64. The summed E-state index contributed by atoms with van der Waals surface area (Å²) in [6.45, 7) is 2.12. The Balaban J connectivity index is 1.30. The minimum absolute atomic E-state index is 0.114. The molecule has 0 aliphatic carbocycles. The van der Waals surface area contributed by atoms with Crippen molar-refractivity contribution in [3.05, 3.63) is 65.9 Å². The third-order valence-corrected chi connectivity index (χ3v) is 5.32. The zero-order valence-electron chi connectivity index (χ0n) is 16.5. The Labute approximate surface area is 169 Å². The van der Waals surface area contributed by atoms with Gasteiger partial charge in [-0.1, -0.05) is 30.3 Å². The Hall–Kier alpha value is -3.28. The van der Waals surface area contributed by atoms with Crippen molar-refractivity contribution in [2.24, 2.45) is 0 Å². The Morgan fingerprint density at radius 1 is 0.966 bits per heavy atom. The number of hydrogen-bond acceptors (Lipinski definition) is 4. The van der Waals surface area contributed by atoms with Crippen LogP contribution in [0.25, 0.3) is 11.0 Å². The van der Waals surface area contributed by atoms with Crippen molar-refractivity contribution >= 4 is 22.8 Å². The average molecular weight is 392 g/mol. The van der Waals surface area contributed by atoms with E-state index in [1.54, 1.807) is 18.1 Å². The topological polar surface area (TPSA) is 63.0 Å². The highest BCUT2D eigenvalue weighted by atomic mass is 16.5. The number of rotatable bonds is 5. The molecule has 0 saturated carbocycles. The van der Waals surface area contributed by atoms with Crippen LogP contribution < -0.4 is 4.74 Å². The molecule has 0 bridgehead atoms. The van der Waals surface area contributed by atoms with Gasteiger partial charge in [0, 0.05) is 38.0 Å². The van der Waals surface area contributed by atoms with E-state index in [1.165, 1.54) is 0 Å². The first-order valence-electron chi connectivity index (χ1n) is 9.82. The molecule has 2 heterocycles. The normalized spacial score (nSPS) is 14.2. The SMILES string of the molecule is COc1cccc(CCC(=O)N2CCN(C(=O)c3cc4ccccc4o3)CC2)c1. The average Bonchev–Trinajstić information content (AvgIpc) is 3.21. The van der Waals surface area contributed by atoms with Crippen molar-refractivity contribution in [2.75, 3.05) is 33.3 Å². The largest absolute Gasteiger partial charge is 0.497 e. The summed E-state index contributed by atoms with van der Waals surface area (Å²) in [5, 5.41) is 0.919. The molecule has 0 spiro atoms. The summed E-state index contributed by atoms with van der Waals surface area (Å²) >= 11 is 0. The van der Waals surface area contributed by atoms with Gasteiger partial charge < -0.3 is 19.0 Å². The van der Waals surface area contributed by atoms with Crippen molar-refractivity contribution in [3.63, 3.8) is 0 Å². The van der Waals surface area contributed by atoms with Gasteiger partial charge in [-0.25, -0.2) is 0 Å². The number of furan rings is 1. The summed E-state index contributed by atoms with van der Waals surface area (Å²) in [6, 6.07) is 17.1. The summed E-state index contributed by atoms with van der Waals surface area (Å²) in [7, 11) is 1.64. The van der Waals surface area contributed by atoms with E-state index in [0.29, 0.717) is 50.4 Å². The number of ether oxygens (including phenoxy) is 1. The van der Waals surface area contributed by atoms with Gasteiger partial charge in [0.15, 0.2) is 5.76 Å². The number of carbonyl (C=O) groups is 2. The summed E-state index contributed by atoms with van der Waals surface area (Å²) in [4.78, 5) is 28.9. The fraction of sp³-hybridized carbons (Fsp3) is 0.304. The van der Waals surface area contributed by atoms with Crippen LogP contribution in [0.2, 0.25) is 0 Å². The van der Waals surface area contributed by atoms with Gasteiger partial charge in [-0.2, -0.15) is 0 Å². The lowest BCUT2D eigenvalue weighted by atomic mass is 10.1. The van der Waals surface area contributed by atoms with Crippen molar-refractivity contribution in [2.45, 2.75) is 12.8 Å². The predicted molar refractivity (Wildman–Crippen MR) is 110 cm³/mol. The van der Waals surface area contributed by atoms with E-state index in [0.717, 1.165) is 16.7 Å². The Morgan fingerprint density at radius 2 is 1.72 bits per heavy atom. The molecule has 3 aromatic rings. The van der Waals surface area contributed by atoms with Gasteiger partial charge >= 0.3 is 0 Å². The molecule has 0 atom stereocenters. The minimum Gasteiger partial charge on any atom is -0.497 e. The summed E-state index contributed by atoms with van der Waals surface area (Å²) in [5.74, 6) is 1.14. The van der Waals surface area contributed by atoms with Crippen LogP contribution in [-0.4, -0.2) is 54.9 Å². The number of aryl methyl sites for hydroxylation is 1. The van der Waals surface area contributed by atoms with E-state index in [2.05, 4.69) is 0 Å². The summed E-state index contributed by atoms with van der Waals surface area (Å²) in [6.07, 6.45) is 1.12. The molecule has 6 heteroatoms. The van der Waals surface area contributed by atoms with Crippen LogP contribution in [0.1, 0.15) is 22.5 Å². The van der Waals surface area contributed by atoms with E-state index in [9.17, 15) is 9.59 Å². The molecular weight excluding hydrogens is 368 g/mol. The smallest absolute Gasteiger partial charge is 0.289 e. The van der Waals surface area contributed by atoms with Crippen LogP contribution >= 0.6 is 0 Å². The molecule has 2 aromatic carbocycles. The first-order valence-corrected chi connectivity index (χ1v) is 9.82. The number of fused-ring (bicyclic) bond motifs is 1. The molecule has 1 aromatic heterocycles. The number of benzene rings is 2. The van der Waals surface area contributed by atoms with Crippen molar-refractivity contribution in [3.8, 4) is 5.75 Å². The summed E-state index contributed by atoms with van der Waals surface area (Å²) < 4.78 is 10.9. The number of para-hydroxylation sites is 1. The molecule has 6 nitrogen and oxygen atoms in total. The molecule has 0 unspecified atom stereocenters. The fourth-order valence-electron chi connectivity index (χ4n) is 3.64. The lowest BCUT2D eigenvalue weighted by Gasteiger charge is -2.34. The predicted octanol–water partition coefficient (Wildman–Crippen LogP) is 3.36. The van der Waals surface area contributed by atoms with Crippen molar-refractivity contribution in [1.29, 1.82) is 0 Å². The highest BCUT2D eigenvalue weighted by Crippen LogP contribution is 2.21. The van der Waals surface area contributed by atoms with Gasteiger partial charge in [-0.05, 0) is 36.2 Å². The molecule has 150 valence electrons. The number of carbonyl (C=O) groups excluding carboxylic acids is 2. The van der Waals surface area contributed by atoms with E-state index in [1.807, 2.05) is 53.4 Å². The number of piperazine rings is 1. The second-order valence-electron chi connectivity index (χ2n) is 7.17. The third-order valence-electron chi connectivity index (χ3n) is 5.32. The van der Waals surface area contributed by atoms with E-state index >= 15 is 0 Å². The maximum atomic E-state index is 12.7. The van der Waals surface area contributed by atoms with Crippen LogP contribution in [-0.2, 0) is 11.2 Å². The zero-order chi connectivity index (χ0) is 20.2. The molecule has 1 fully saturated rings. The zero-order valence-corrected chi connectivity index (χ0v) is 16.5. The highest BCUT2D eigenvalue weighted by Gasteiger charge is 2.26. The second kappa shape index (κ2) is 8.39. The van der Waals surface area contributed by atoms with E-state index < -0.39 is 0 Å². The van der Waals surface area contributed by atoms with Crippen molar-refractivity contribution in [1.82, 2.24) is 9.80 Å². The third kappa shape index (κ3) is 4.26. The van der Waals surface area contributed by atoms with Crippen molar-refractivity contribution < 1.29 is 18.7 Å². The quantitative estimate of drug-likeness (QED) is 0.668. The van der Waals surface area contributed by atoms with Crippen LogP contribution in [0.15, 0.2) is 59.0 Å². The first kappa shape index (κ1) is 19.1. The summed E-state index contributed by atoms with van der Waals surface area (Å²) in [5.41, 5.74) is 1.79. The second-order valence-corrected chi connectivity index (χ2v) is 7.17. The lowest BCUT2D eigenvalue weighted by molar-refractivity contribution is -0.132. The van der Waals surface area contributed by atoms with Gasteiger partial charge in [0.1, 0.15) is 11.3 Å². The number of methoxy groups -OCH3 is 1. The van der Waals surface area contributed by atoms with Crippen LogP contribution in [0, 0.1) is 0 Å². The molecule has 1 aliphatic heterocycles. The van der Waals surface area contributed by atoms with Gasteiger partial charge in [-0.3, -0.25) is 9.59 Å². The highest BCUT2D eigenvalue weighted by molar-refractivity contribution is 5.96. The molecule has 4 rings (SSSR count). The molecular formula is C23H24N2O4. The Kier molecular flexibility index (Phi) is 5.51. The van der Waals surface area contributed by atoms with Crippen LogP contribution in [0.5, 0.6) is 5.75 Å².